The van der Waals surface area contributed by atoms with Crippen LogP contribution in [0, 0.1) is 11.3 Å². The highest BCUT2D eigenvalue weighted by Gasteiger charge is 2.39. The molecule has 0 aliphatic carbocycles. The molecule has 0 aromatic rings. The molecule has 2 rings (SSSR count). The smallest absolute Gasteiger partial charge is 0.308 e. The van der Waals surface area contributed by atoms with Crippen LogP contribution in [0.4, 0.5) is 0 Å². The zero-order valence-electron chi connectivity index (χ0n) is 9.78. The number of carboxylic acid groups (broad SMARTS) is 1. The number of aliphatic carboxylic acids is 1. The van der Waals surface area contributed by atoms with Crippen LogP contribution in [0.3, 0.4) is 0 Å². The monoisotopic (exact) mass is 228 g/mol. The van der Waals surface area contributed by atoms with Crippen LogP contribution < -0.4 is 0 Å². The summed E-state index contributed by atoms with van der Waals surface area (Å²) in [5.41, 5.74) is 0.271. The van der Waals surface area contributed by atoms with Gasteiger partial charge in [-0.3, -0.25) is 4.79 Å². The molecule has 2 saturated heterocycles. The van der Waals surface area contributed by atoms with Crippen molar-refractivity contribution in [3.05, 3.63) is 0 Å². The summed E-state index contributed by atoms with van der Waals surface area (Å²) in [5.74, 6) is -1.15. The Hall–Kier alpha value is -0.610. The van der Waals surface area contributed by atoms with Crippen molar-refractivity contribution in [3.63, 3.8) is 0 Å². The third-order valence-electron chi connectivity index (χ3n) is 4.06. The minimum absolute atomic E-state index is 0.106. The molecule has 1 unspecified atom stereocenters. The van der Waals surface area contributed by atoms with Crippen molar-refractivity contribution in [3.8, 4) is 0 Å². The molecule has 0 amide bonds. The van der Waals surface area contributed by atoms with E-state index in [1.165, 1.54) is 0 Å². The Labute approximate surface area is 95.9 Å². The minimum atomic E-state index is -0.757. The molecule has 2 fully saturated rings. The standard InChI is InChI=1S/C12H20O4/c1-9(11(13)14)10-2-3-12(8-16-10)4-6-15-7-5-12/h9-10H,2-8H2,1H3,(H,13,14)/t9-,10?/m0/s1. The predicted octanol–water partition coefficient (Wildman–Crippen LogP) is 1.68. The molecule has 4 heteroatoms. The lowest BCUT2D eigenvalue weighted by atomic mass is 9.74. The fourth-order valence-corrected chi connectivity index (χ4v) is 2.64. The summed E-state index contributed by atoms with van der Waals surface area (Å²) in [5, 5.41) is 8.94. The topological polar surface area (TPSA) is 55.8 Å². The molecule has 0 saturated carbocycles. The molecule has 1 N–H and O–H groups in total. The summed E-state index contributed by atoms with van der Waals surface area (Å²) in [6, 6.07) is 0. The molecular formula is C12H20O4. The highest BCUT2D eigenvalue weighted by molar-refractivity contribution is 5.70. The third kappa shape index (κ3) is 2.38. The summed E-state index contributed by atoms with van der Waals surface area (Å²) in [7, 11) is 0. The van der Waals surface area contributed by atoms with Crippen molar-refractivity contribution < 1.29 is 19.4 Å². The second kappa shape index (κ2) is 4.72. The molecule has 0 radical (unpaired) electrons. The van der Waals surface area contributed by atoms with Gasteiger partial charge in [0.1, 0.15) is 0 Å². The zero-order chi connectivity index (χ0) is 11.6. The van der Waals surface area contributed by atoms with Gasteiger partial charge in [-0.2, -0.15) is 0 Å². The van der Waals surface area contributed by atoms with Gasteiger partial charge in [0.2, 0.25) is 0 Å². The Bertz CT molecular complexity index is 248. The maximum atomic E-state index is 10.9. The Morgan fingerprint density at radius 2 is 2.06 bits per heavy atom. The molecule has 0 bridgehead atoms. The first-order chi connectivity index (χ1) is 7.63. The van der Waals surface area contributed by atoms with Crippen LogP contribution in [0.15, 0.2) is 0 Å². The largest absolute Gasteiger partial charge is 0.481 e. The van der Waals surface area contributed by atoms with Crippen LogP contribution in [-0.2, 0) is 14.3 Å². The number of carboxylic acids is 1. The van der Waals surface area contributed by atoms with Crippen molar-refractivity contribution in [1.82, 2.24) is 0 Å². The first-order valence-corrected chi connectivity index (χ1v) is 6.05. The van der Waals surface area contributed by atoms with Crippen molar-refractivity contribution in [1.29, 1.82) is 0 Å². The summed E-state index contributed by atoms with van der Waals surface area (Å²) < 4.78 is 11.1. The fraction of sp³-hybridized carbons (Fsp3) is 0.917. The Kier molecular flexibility index (Phi) is 3.50. The molecule has 2 aliphatic heterocycles. The van der Waals surface area contributed by atoms with E-state index in [4.69, 9.17) is 14.6 Å². The average Bonchev–Trinajstić information content (AvgIpc) is 2.30. The van der Waals surface area contributed by atoms with Crippen molar-refractivity contribution >= 4 is 5.97 Å². The van der Waals surface area contributed by atoms with Gasteiger partial charge in [0.05, 0.1) is 18.6 Å². The molecule has 4 nitrogen and oxygen atoms in total. The number of carbonyl (C=O) groups is 1. The van der Waals surface area contributed by atoms with Gasteiger partial charge in [0.15, 0.2) is 0 Å². The van der Waals surface area contributed by atoms with Crippen LogP contribution >= 0.6 is 0 Å². The summed E-state index contributed by atoms with van der Waals surface area (Å²) in [6.07, 6.45) is 3.96. The van der Waals surface area contributed by atoms with E-state index in [0.717, 1.165) is 38.9 Å². The maximum absolute atomic E-state index is 10.9. The molecule has 0 aromatic carbocycles. The van der Waals surface area contributed by atoms with E-state index in [1.54, 1.807) is 6.92 Å². The molecular weight excluding hydrogens is 208 g/mol. The molecule has 2 aliphatic rings. The average molecular weight is 228 g/mol. The van der Waals surface area contributed by atoms with Gasteiger partial charge in [-0.05, 0) is 38.0 Å². The second-order valence-electron chi connectivity index (χ2n) is 5.13. The van der Waals surface area contributed by atoms with E-state index in [-0.39, 0.29) is 11.5 Å². The minimum Gasteiger partial charge on any atom is -0.481 e. The lowest BCUT2D eigenvalue weighted by Gasteiger charge is -2.43. The summed E-state index contributed by atoms with van der Waals surface area (Å²) in [6.45, 7) is 4.08. The lowest BCUT2D eigenvalue weighted by Crippen LogP contribution is -2.43. The fourth-order valence-electron chi connectivity index (χ4n) is 2.64. The van der Waals surface area contributed by atoms with E-state index in [1.807, 2.05) is 0 Å². The number of hydrogen-bond donors (Lipinski definition) is 1. The highest BCUT2D eigenvalue weighted by atomic mass is 16.5. The lowest BCUT2D eigenvalue weighted by molar-refractivity contribution is -0.156. The van der Waals surface area contributed by atoms with Crippen molar-refractivity contribution in [2.75, 3.05) is 19.8 Å². The molecule has 0 aromatic heterocycles. The van der Waals surface area contributed by atoms with Gasteiger partial charge in [0, 0.05) is 13.2 Å². The van der Waals surface area contributed by atoms with Gasteiger partial charge >= 0.3 is 5.97 Å². The predicted molar refractivity (Wildman–Crippen MR) is 58.3 cm³/mol. The van der Waals surface area contributed by atoms with Gasteiger partial charge in [-0.15, -0.1) is 0 Å². The quantitative estimate of drug-likeness (QED) is 0.781. The maximum Gasteiger partial charge on any atom is 0.308 e. The highest BCUT2D eigenvalue weighted by Crippen LogP contribution is 2.41. The third-order valence-corrected chi connectivity index (χ3v) is 4.06. The molecule has 1 spiro atoms. The van der Waals surface area contributed by atoms with Gasteiger partial charge in [-0.1, -0.05) is 0 Å². The first-order valence-electron chi connectivity index (χ1n) is 6.05. The normalized spacial score (nSPS) is 31.2. The van der Waals surface area contributed by atoms with Gasteiger partial charge < -0.3 is 14.6 Å². The zero-order valence-corrected chi connectivity index (χ0v) is 9.78. The second-order valence-corrected chi connectivity index (χ2v) is 5.13. The van der Waals surface area contributed by atoms with E-state index < -0.39 is 11.9 Å². The van der Waals surface area contributed by atoms with Crippen molar-refractivity contribution in [2.45, 2.75) is 38.7 Å². The van der Waals surface area contributed by atoms with E-state index >= 15 is 0 Å². The summed E-state index contributed by atoms with van der Waals surface area (Å²) in [4.78, 5) is 10.9. The molecule has 2 heterocycles. The van der Waals surface area contributed by atoms with Crippen LogP contribution in [-0.4, -0.2) is 37.0 Å². The number of hydrogen-bond acceptors (Lipinski definition) is 3. The molecule has 92 valence electrons. The Morgan fingerprint density at radius 1 is 1.38 bits per heavy atom. The van der Waals surface area contributed by atoms with Crippen LogP contribution in [0.1, 0.15) is 32.6 Å². The van der Waals surface area contributed by atoms with Crippen LogP contribution in [0.5, 0.6) is 0 Å². The van der Waals surface area contributed by atoms with E-state index in [9.17, 15) is 4.79 Å². The van der Waals surface area contributed by atoms with Crippen LogP contribution in [0.25, 0.3) is 0 Å². The summed E-state index contributed by atoms with van der Waals surface area (Å²) >= 11 is 0. The van der Waals surface area contributed by atoms with Gasteiger partial charge in [-0.25, -0.2) is 0 Å². The van der Waals surface area contributed by atoms with Crippen LogP contribution in [0.2, 0.25) is 0 Å². The van der Waals surface area contributed by atoms with Gasteiger partial charge in [0.25, 0.3) is 0 Å². The first kappa shape index (κ1) is 11.9. The number of rotatable bonds is 2. The SMILES string of the molecule is C[C@H](C(=O)O)C1CCC2(CCOCC2)CO1. The molecule has 2 atom stereocenters. The van der Waals surface area contributed by atoms with E-state index in [0.29, 0.717) is 6.61 Å². The molecule has 16 heavy (non-hydrogen) atoms. The number of ether oxygens (including phenoxy) is 2. The van der Waals surface area contributed by atoms with E-state index in [2.05, 4.69) is 0 Å². The Balaban J connectivity index is 1.88. The van der Waals surface area contributed by atoms with Crippen molar-refractivity contribution in [2.24, 2.45) is 11.3 Å². The Morgan fingerprint density at radius 3 is 2.56 bits per heavy atom.